The van der Waals surface area contributed by atoms with Crippen LogP contribution in [-0.4, -0.2) is 0 Å². The van der Waals surface area contributed by atoms with E-state index in [9.17, 15) is 0 Å². The highest BCUT2D eigenvalue weighted by atomic mass is 15.1. The van der Waals surface area contributed by atoms with E-state index in [1.165, 1.54) is 144 Å². The molecule has 2 heteroatoms. The number of aryl methyl sites for hydroxylation is 2. The van der Waals surface area contributed by atoms with Gasteiger partial charge in [-0.15, -0.1) is 0 Å². The summed E-state index contributed by atoms with van der Waals surface area (Å²) in [4.78, 5) is 4.83. The van der Waals surface area contributed by atoms with Crippen LogP contribution in [0.3, 0.4) is 0 Å². The second-order valence-electron chi connectivity index (χ2n) is 28.8. The van der Waals surface area contributed by atoms with Gasteiger partial charge in [0.2, 0.25) is 0 Å². The van der Waals surface area contributed by atoms with Crippen molar-refractivity contribution in [1.29, 1.82) is 0 Å². The Hall–Kier alpha value is -11.3. The fraction of sp³-hybridized carbons (Fsp3) is 0.116. The molecule has 0 bridgehead atoms. The molecular weight excluding hydrogens is 1170 g/mol. The number of rotatable bonds is 12. The van der Waals surface area contributed by atoms with E-state index in [0.29, 0.717) is 0 Å². The van der Waals surface area contributed by atoms with Crippen LogP contribution >= 0.6 is 0 Å². The van der Waals surface area contributed by atoms with Gasteiger partial charge in [0, 0.05) is 50.4 Å². The van der Waals surface area contributed by atoms with Gasteiger partial charge in [0.05, 0.1) is 0 Å². The first-order valence-corrected chi connectivity index (χ1v) is 34.3. The Morgan fingerprint density at radius 1 is 0.216 bits per heavy atom. The number of fused-ring (bicyclic) bond motifs is 11. The van der Waals surface area contributed by atoms with Crippen LogP contribution in [0.15, 0.2) is 291 Å². The first-order valence-electron chi connectivity index (χ1n) is 34.3. The maximum atomic E-state index is 2.44. The van der Waals surface area contributed by atoms with E-state index in [4.69, 9.17) is 0 Å². The van der Waals surface area contributed by atoms with E-state index in [1.807, 2.05) is 0 Å². The van der Waals surface area contributed by atoms with E-state index in [2.05, 4.69) is 381 Å². The standard InChI is InChI=1S/C95H76N2/c1-61-15-13-21-77(51-61)96(75-39-35-69(36-40-75)73-33-31-67-17-9-11-19-71(67)57-73)79-43-49-85-83-47-29-65(55-89(83)94(5,6)91(85)59-79)25-23-63-27-45-81-82-46-28-64(54-88(82)93(3,4)87(81)53-63)24-26-66-30-48-84-86-50-44-80(60-92(86)95(7,8)90(84)56-66)97(78-22-14-16-62(2)52-78)76-41-37-70(38-42-76)74-34-32-68-18-10-12-20-72(68)58-74/h9-60H,1-8H3/b25-23+,26-24+. The molecule has 97 heavy (non-hydrogen) atoms. The molecule has 0 aliphatic heterocycles. The Morgan fingerprint density at radius 2 is 0.495 bits per heavy atom. The van der Waals surface area contributed by atoms with Crippen molar-refractivity contribution < 1.29 is 0 Å². The molecule has 0 saturated carbocycles. The fourth-order valence-electron chi connectivity index (χ4n) is 16.1. The highest BCUT2D eigenvalue weighted by molar-refractivity contribution is 5.93. The Kier molecular flexibility index (Phi) is 14.1. The molecule has 17 rings (SSSR count). The molecule has 3 aliphatic carbocycles. The van der Waals surface area contributed by atoms with Crippen LogP contribution in [0.1, 0.15) is 108 Å². The van der Waals surface area contributed by atoms with E-state index < -0.39 is 0 Å². The van der Waals surface area contributed by atoms with Gasteiger partial charge in [0.1, 0.15) is 0 Å². The maximum absolute atomic E-state index is 2.44. The quantitative estimate of drug-likeness (QED) is 0.113. The number of anilines is 6. The minimum Gasteiger partial charge on any atom is -0.310 e. The average molecular weight is 1250 g/mol. The predicted octanol–water partition coefficient (Wildman–Crippen LogP) is 26.1. The highest BCUT2D eigenvalue weighted by Gasteiger charge is 2.39. The van der Waals surface area contributed by atoms with Crippen molar-refractivity contribution in [3.63, 3.8) is 0 Å². The summed E-state index contributed by atoms with van der Waals surface area (Å²) in [6.45, 7) is 18.7. The van der Waals surface area contributed by atoms with Crippen molar-refractivity contribution in [3.05, 3.63) is 358 Å². The summed E-state index contributed by atoms with van der Waals surface area (Å²) in [6, 6.07) is 109. The Balaban J connectivity index is 0.597. The van der Waals surface area contributed by atoms with Crippen molar-refractivity contribution in [2.45, 2.75) is 71.6 Å². The van der Waals surface area contributed by atoms with Crippen LogP contribution in [0.25, 0.3) is 101 Å². The van der Waals surface area contributed by atoms with E-state index in [0.717, 1.165) is 34.1 Å². The van der Waals surface area contributed by atoms with Crippen LogP contribution < -0.4 is 9.80 Å². The minimum atomic E-state index is -0.210. The lowest BCUT2D eigenvalue weighted by Crippen LogP contribution is -2.16. The summed E-state index contributed by atoms with van der Waals surface area (Å²) in [5.74, 6) is 0. The Labute approximate surface area is 571 Å². The third-order valence-electron chi connectivity index (χ3n) is 21.5. The molecule has 0 radical (unpaired) electrons. The zero-order chi connectivity index (χ0) is 65.9. The van der Waals surface area contributed by atoms with Gasteiger partial charge < -0.3 is 9.80 Å². The van der Waals surface area contributed by atoms with Gasteiger partial charge in [-0.25, -0.2) is 0 Å². The van der Waals surface area contributed by atoms with Gasteiger partial charge in [-0.05, 0) is 243 Å². The Bertz CT molecular complexity index is 5230. The molecule has 0 atom stereocenters. The second-order valence-corrected chi connectivity index (χ2v) is 28.8. The molecule has 0 spiro atoms. The highest BCUT2D eigenvalue weighted by Crippen LogP contribution is 2.54. The van der Waals surface area contributed by atoms with Crippen LogP contribution in [0, 0.1) is 13.8 Å². The summed E-state index contributed by atoms with van der Waals surface area (Å²) < 4.78 is 0. The first-order chi connectivity index (χ1) is 47.1. The van der Waals surface area contributed by atoms with Crippen LogP contribution in [-0.2, 0) is 16.2 Å². The third-order valence-corrected chi connectivity index (χ3v) is 21.5. The lowest BCUT2D eigenvalue weighted by atomic mass is 9.81. The molecule has 0 aromatic heterocycles. The smallest absolute Gasteiger partial charge is 0.0465 e. The van der Waals surface area contributed by atoms with Crippen molar-refractivity contribution in [1.82, 2.24) is 0 Å². The lowest BCUT2D eigenvalue weighted by molar-refractivity contribution is 0.660. The fourth-order valence-corrected chi connectivity index (χ4v) is 16.1. The van der Waals surface area contributed by atoms with E-state index >= 15 is 0 Å². The van der Waals surface area contributed by atoms with Crippen molar-refractivity contribution >= 4 is 80.0 Å². The molecule has 0 heterocycles. The predicted molar refractivity (Wildman–Crippen MR) is 415 cm³/mol. The van der Waals surface area contributed by atoms with Gasteiger partial charge in [0.15, 0.2) is 0 Å². The van der Waals surface area contributed by atoms with Crippen molar-refractivity contribution in [3.8, 4) is 55.6 Å². The molecule has 0 unspecified atom stereocenters. The zero-order valence-corrected chi connectivity index (χ0v) is 56.4. The molecule has 0 amide bonds. The SMILES string of the molecule is Cc1cccc(N(c2ccc(-c3ccc4ccccc4c3)cc2)c2ccc3c(c2)C(C)(C)c2cc(/C=C/c4ccc5c(c4)C(C)(C)c4cc(/C=C/c6ccc7c(c6)C(C)(C)c6cc(N(c8ccc(-c9ccc%10ccccc%10c9)cc8)c8cccc(C)c8)ccc6-7)ccc4-5)ccc2-3)c1. The topological polar surface area (TPSA) is 6.48 Å². The second kappa shape index (κ2) is 23.0. The minimum absolute atomic E-state index is 0.171. The summed E-state index contributed by atoms with van der Waals surface area (Å²) in [7, 11) is 0. The van der Waals surface area contributed by atoms with Crippen molar-refractivity contribution in [2.75, 3.05) is 9.80 Å². The normalized spacial score (nSPS) is 14.1. The molecule has 14 aromatic carbocycles. The van der Waals surface area contributed by atoms with Crippen LogP contribution in [0.5, 0.6) is 0 Å². The molecule has 0 fully saturated rings. The molecule has 2 nitrogen and oxygen atoms in total. The van der Waals surface area contributed by atoms with Gasteiger partial charge in [-0.2, -0.15) is 0 Å². The number of hydrogen-bond donors (Lipinski definition) is 0. The molecule has 0 N–H and O–H groups in total. The van der Waals surface area contributed by atoms with Gasteiger partial charge in [0.25, 0.3) is 0 Å². The van der Waals surface area contributed by atoms with E-state index in [1.54, 1.807) is 0 Å². The summed E-state index contributed by atoms with van der Waals surface area (Å²) in [5, 5.41) is 5.02. The summed E-state index contributed by atoms with van der Waals surface area (Å²) in [5.41, 5.74) is 34.4. The number of hydrogen-bond acceptors (Lipinski definition) is 2. The molecule has 0 saturated heterocycles. The molecule has 3 aliphatic rings. The van der Waals surface area contributed by atoms with Crippen LogP contribution in [0.2, 0.25) is 0 Å². The lowest BCUT2D eigenvalue weighted by Gasteiger charge is -2.28. The zero-order valence-electron chi connectivity index (χ0n) is 56.4. The third kappa shape index (κ3) is 10.3. The Morgan fingerprint density at radius 3 is 0.825 bits per heavy atom. The van der Waals surface area contributed by atoms with Gasteiger partial charge in [-0.1, -0.05) is 272 Å². The molecule has 14 aromatic rings. The summed E-state index contributed by atoms with van der Waals surface area (Å²) in [6.07, 6.45) is 9.21. The van der Waals surface area contributed by atoms with E-state index in [-0.39, 0.29) is 16.2 Å². The average Bonchev–Trinajstić information content (AvgIpc) is 1.61. The van der Waals surface area contributed by atoms with Crippen molar-refractivity contribution in [2.24, 2.45) is 0 Å². The summed E-state index contributed by atoms with van der Waals surface area (Å²) >= 11 is 0. The number of benzene rings is 14. The molecule has 466 valence electrons. The largest absolute Gasteiger partial charge is 0.310 e. The van der Waals surface area contributed by atoms with Gasteiger partial charge in [-0.3, -0.25) is 0 Å². The molecular formula is C95H76N2. The maximum Gasteiger partial charge on any atom is 0.0465 e. The van der Waals surface area contributed by atoms with Gasteiger partial charge >= 0.3 is 0 Å². The monoisotopic (exact) mass is 1240 g/mol. The number of nitrogens with zero attached hydrogens (tertiary/aromatic N) is 2. The first kappa shape index (κ1) is 59.4. The van der Waals surface area contributed by atoms with Crippen LogP contribution in [0.4, 0.5) is 34.1 Å².